The number of benzene rings is 3. The Morgan fingerprint density at radius 2 is 1.61 bits per heavy atom. The van der Waals surface area contributed by atoms with Crippen molar-refractivity contribution in [2.75, 3.05) is 31.7 Å². The van der Waals surface area contributed by atoms with Crippen molar-refractivity contribution in [1.82, 2.24) is 0 Å². The topological polar surface area (TPSA) is 49.0 Å². The van der Waals surface area contributed by atoms with E-state index in [-0.39, 0.29) is 6.10 Å². The highest BCUT2D eigenvalue weighted by Crippen LogP contribution is 2.23. The highest BCUT2D eigenvalue weighted by molar-refractivity contribution is 5.49. The molecule has 1 saturated heterocycles. The summed E-state index contributed by atoms with van der Waals surface area (Å²) in [5.74, 6) is 2.56. The van der Waals surface area contributed by atoms with Crippen molar-refractivity contribution in [1.29, 1.82) is 0 Å². The van der Waals surface area contributed by atoms with E-state index in [1.165, 1.54) is 0 Å². The largest absolute Gasteiger partial charge is 0.491 e. The predicted molar refractivity (Wildman–Crippen MR) is 122 cm³/mol. The van der Waals surface area contributed by atoms with Gasteiger partial charge in [0.1, 0.15) is 37.1 Å². The lowest BCUT2D eigenvalue weighted by molar-refractivity contribution is 0.0680. The lowest BCUT2D eigenvalue weighted by Crippen LogP contribution is -2.16. The van der Waals surface area contributed by atoms with Crippen molar-refractivity contribution < 1.29 is 18.9 Å². The number of para-hydroxylation sites is 2. The van der Waals surface area contributed by atoms with Crippen molar-refractivity contribution in [2.45, 2.75) is 25.5 Å². The van der Waals surface area contributed by atoms with Crippen LogP contribution in [0.1, 0.15) is 18.4 Å². The Morgan fingerprint density at radius 3 is 2.48 bits per heavy atom. The van der Waals surface area contributed by atoms with Crippen LogP contribution in [0.25, 0.3) is 0 Å². The summed E-state index contributed by atoms with van der Waals surface area (Å²) in [6, 6.07) is 25.9. The van der Waals surface area contributed by atoms with Gasteiger partial charge in [0.2, 0.25) is 0 Å². The SMILES string of the molecule is c1ccc(OCCOc2ccccc2CNc2cccc(OCC3CCCO3)c2)cc1. The van der Waals surface area contributed by atoms with Gasteiger partial charge in [0.25, 0.3) is 0 Å². The Morgan fingerprint density at radius 1 is 0.806 bits per heavy atom. The summed E-state index contributed by atoms with van der Waals surface area (Å²) in [7, 11) is 0. The molecule has 1 heterocycles. The predicted octanol–water partition coefficient (Wildman–Crippen LogP) is 5.31. The number of rotatable bonds is 11. The molecule has 0 aliphatic carbocycles. The van der Waals surface area contributed by atoms with Gasteiger partial charge in [0.15, 0.2) is 0 Å². The van der Waals surface area contributed by atoms with Crippen molar-refractivity contribution in [3.05, 3.63) is 84.4 Å². The maximum Gasteiger partial charge on any atom is 0.124 e. The number of anilines is 1. The van der Waals surface area contributed by atoms with E-state index in [4.69, 9.17) is 18.9 Å². The molecule has 31 heavy (non-hydrogen) atoms. The summed E-state index contributed by atoms with van der Waals surface area (Å²) in [5, 5.41) is 3.46. The van der Waals surface area contributed by atoms with Crippen molar-refractivity contribution >= 4 is 5.69 Å². The zero-order chi connectivity index (χ0) is 21.1. The first-order chi connectivity index (χ1) is 15.4. The minimum absolute atomic E-state index is 0.214. The fourth-order valence-electron chi connectivity index (χ4n) is 3.48. The van der Waals surface area contributed by atoms with Gasteiger partial charge in [-0.3, -0.25) is 0 Å². The average Bonchev–Trinajstić information content (AvgIpc) is 3.35. The van der Waals surface area contributed by atoms with Crippen LogP contribution < -0.4 is 19.5 Å². The molecule has 4 rings (SSSR count). The molecule has 162 valence electrons. The van der Waals surface area contributed by atoms with Crippen LogP contribution in [-0.2, 0) is 11.3 Å². The van der Waals surface area contributed by atoms with Crippen molar-refractivity contribution in [2.24, 2.45) is 0 Å². The van der Waals surface area contributed by atoms with Gasteiger partial charge in [0, 0.05) is 30.5 Å². The Bertz CT molecular complexity index is 925. The summed E-state index contributed by atoms with van der Waals surface area (Å²) in [4.78, 5) is 0. The molecule has 1 unspecified atom stereocenters. The van der Waals surface area contributed by atoms with Gasteiger partial charge in [-0.15, -0.1) is 0 Å². The Balaban J connectivity index is 1.26. The third-order valence-corrected chi connectivity index (χ3v) is 5.10. The molecule has 0 saturated carbocycles. The maximum absolute atomic E-state index is 5.96. The number of hydrogen-bond donors (Lipinski definition) is 1. The third-order valence-electron chi connectivity index (χ3n) is 5.10. The lowest BCUT2D eigenvalue weighted by Gasteiger charge is -2.15. The lowest BCUT2D eigenvalue weighted by atomic mass is 10.2. The molecule has 1 fully saturated rings. The fourth-order valence-corrected chi connectivity index (χ4v) is 3.48. The normalized spacial score (nSPS) is 15.4. The number of nitrogens with one attached hydrogen (secondary N) is 1. The minimum Gasteiger partial charge on any atom is -0.491 e. The zero-order valence-corrected chi connectivity index (χ0v) is 17.7. The molecule has 5 heteroatoms. The Labute approximate surface area is 183 Å². The molecule has 0 radical (unpaired) electrons. The number of hydrogen-bond acceptors (Lipinski definition) is 5. The second-order valence-electron chi connectivity index (χ2n) is 7.45. The van der Waals surface area contributed by atoms with Crippen LogP contribution in [0.2, 0.25) is 0 Å². The first kappa shape index (κ1) is 21.1. The van der Waals surface area contributed by atoms with Crippen molar-refractivity contribution in [3.63, 3.8) is 0 Å². The Kier molecular flexibility index (Phi) is 7.66. The Hall–Kier alpha value is -3.18. The molecule has 0 spiro atoms. The van der Waals surface area contributed by atoms with E-state index in [1.54, 1.807) is 0 Å². The molecule has 3 aromatic carbocycles. The molecule has 3 aromatic rings. The molecule has 1 aliphatic heterocycles. The average molecular weight is 420 g/mol. The molecular weight excluding hydrogens is 390 g/mol. The minimum atomic E-state index is 0.214. The smallest absolute Gasteiger partial charge is 0.124 e. The first-order valence-electron chi connectivity index (χ1n) is 10.8. The third kappa shape index (κ3) is 6.66. The second-order valence-corrected chi connectivity index (χ2v) is 7.45. The van der Waals surface area contributed by atoms with Gasteiger partial charge < -0.3 is 24.3 Å². The second kappa shape index (κ2) is 11.3. The highest BCUT2D eigenvalue weighted by atomic mass is 16.5. The van der Waals surface area contributed by atoms with Gasteiger partial charge in [0.05, 0.1) is 6.10 Å². The highest BCUT2D eigenvalue weighted by Gasteiger charge is 2.16. The van der Waals surface area contributed by atoms with E-state index < -0.39 is 0 Å². The van der Waals surface area contributed by atoms with Gasteiger partial charge in [-0.1, -0.05) is 42.5 Å². The van der Waals surface area contributed by atoms with E-state index in [0.29, 0.717) is 26.4 Å². The van der Waals surface area contributed by atoms with E-state index in [1.807, 2.05) is 72.8 Å². The summed E-state index contributed by atoms with van der Waals surface area (Å²) in [6.07, 6.45) is 2.41. The van der Waals surface area contributed by atoms with Crippen LogP contribution in [-0.4, -0.2) is 32.5 Å². The van der Waals surface area contributed by atoms with Gasteiger partial charge in [-0.25, -0.2) is 0 Å². The van der Waals surface area contributed by atoms with Crippen LogP contribution in [0.3, 0.4) is 0 Å². The van der Waals surface area contributed by atoms with Crippen LogP contribution in [0.5, 0.6) is 17.2 Å². The van der Waals surface area contributed by atoms with Crippen LogP contribution in [0.4, 0.5) is 5.69 Å². The molecular formula is C26H29NO4. The monoisotopic (exact) mass is 419 g/mol. The molecule has 0 amide bonds. The summed E-state index contributed by atoms with van der Waals surface area (Å²) in [5.41, 5.74) is 2.10. The molecule has 1 atom stereocenters. The van der Waals surface area contributed by atoms with Crippen LogP contribution in [0.15, 0.2) is 78.9 Å². The van der Waals surface area contributed by atoms with Crippen LogP contribution >= 0.6 is 0 Å². The summed E-state index contributed by atoms with van der Waals surface area (Å²) >= 11 is 0. The standard InChI is InChI=1S/C26H29NO4/c1-2-10-23(11-3-1)29-16-17-30-26-14-5-4-8-21(26)19-27-22-9-6-12-24(18-22)31-20-25-13-7-15-28-25/h1-6,8-12,14,18,25,27H,7,13,15-17,19-20H2. The van der Waals surface area contributed by atoms with Gasteiger partial charge in [-0.05, 0) is 43.2 Å². The molecule has 1 aliphatic rings. The van der Waals surface area contributed by atoms with E-state index in [0.717, 1.165) is 47.9 Å². The summed E-state index contributed by atoms with van der Waals surface area (Å²) in [6.45, 7) is 3.08. The molecule has 1 N–H and O–H groups in total. The molecule has 0 aromatic heterocycles. The maximum atomic E-state index is 5.96. The molecule has 0 bridgehead atoms. The zero-order valence-electron chi connectivity index (χ0n) is 17.7. The van der Waals surface area contributed by atoms with Crippen molar-refractivity contribution in [3.8, 4) is 17.2 Å². The van der Waals surface area contributed by atoms with E-state index in [2.05, 4.69) is 11.4 Å². The van der Waals surface area contributed by atoms with Gasteiger partial charge in [-0.2, -0.15) is 0 Å². The van der Waals surface area contributed by atoms with Crippen LogP contribution in [0, 0.1) is 0 Å². The van der Waals surface area contributed by atoms with Gasteiger partial charge >= 0.3 is 0 Å². The van der Waals surface area contributed by atoms with E-state index >= 15 is 0 Å². The van der Waals surface area contributed by atoms with E-state index in [9.17, 15) is 0 Å². The fraction of sp³-hybridized carbons (Fsp3) is 0.308. The first-order valence-corrected chi connectivity index (χ1v) is 10.8. The summed E-state index contributed by atoms with van der Waals surface area (Å²) < 4.78 is 23.2. The number of ether oxygens (including phenoxy) is 4. The quantitative estimate of drug-likeness (QED) is 0.427. The molecule has 5 nitrogen and oxygen atoms in total.